The van der Waals surface area contributed by atoms with Crippen LogP contribution in [0.25, 0.3) is 0 Å². The largest absolute Gasteiger partial charge is 0.507 e. The van der Waals surface area contributed by atoms with E-state index in [1.807, 2.05) is 25.1 Å². The number of aryl methyl sites for hydroxylation is 1. The fourth-order valence-electron chi connectivity index (χ4n) is 1.98. The highest BCUT2D eigenvalue weighted by Gasteiger charge is 2.25. The normalized spacial score (nSPS) is 14.3. The number of benzene rings is 1. The van der Waals surface area contributed by atoms with Crippen molar-refractivity contribution in [2.75, 3.05) is 6.54 Å². The third kappa shape index (κ3) is 3.16. The van der Waals surface area contributed by atoms with Gasteiger partial charge in [0.15, 0.2) is 0 Å². The van der Waals surface area contributed by atoms with Crippen LogP contribution in [0.1, 0.15) is 23.8 Å². The molecule has 4 nitrogen and oxygen atoms in total. The first-order valence-corrected chi connectivity index (χ1v) is 6.25. The second-order valence-corrected chi connectivity index (χ2v) is 4.94. The quantitative estimate of drug-likeness (QED) is 0.772. The van der Waals surface area contributed by atoms with Crippen LogP contribution in [0.4, 0.5) is 0 Å². The van der Waals surface area contributed by atoms with E-state index in [9.17, 15) is 10.2 Å². The van der Waals surface area contributed by atoms with Gasteiger partial charge in [-0.15, -0.1) is 0 Å². The van der Waals surface area contributed by atoms with Gasteiger partial charge in [0.05, 0.1) is 6.26 Å². The fraction of sp³-hybridized carbons (Fsp3) is 0.333. The number of phenolic OH excluding ortho intramolecular Hbond substituents is 1. The molecule has 102 valence electrons. The van der Waals surface area contributed by atoms with E-state index in [2.05, 4.69) is 5.32 Å². The summed E-state index contributed by atoms with van der Waals surface area (Å²) in [6.45, 7) is 4.38. The minimum atomic E-state index is -1.07. The van der Waals surface area contributed by atoms with Gasteiger partial charge in [-0.1, -0.05) is 18.2 Å². The first-order valence-electron chi connectivity index (χ1n) is 6.25. The molecule has 19 heavy (non-hydrogen) atoms. The highest BCUT2D eigenvalue weighted by Crippen LogP contribution is 2.22. The van der Waals surface area contributed by atoms with Crippen LogP contribution in [0.5, 0.6) is 5.75 Å². The number of hydrogen-bond acceptors (Lipinski definition) is 4. The molecule has 1 unspecified atom stereocenters. The van der Waals surface area contributed by atoms with Crippen LogP contribution in [0.2, 0.25) is 0 Å². The first kappa shape index (κ1) is 13.6. The average Bonchev–Trinajstić information content (AvgIpc) is 2.89. The predicted molar refractivity (Wildman–Crippen MR) is 72.8 cm³/mol. The second-order valence-electron chi connectivity index (χ2n) is 4.94. The molecule has 0 saturated heterocycles. The van der Waals surface area contributed by atoms with Crippen LogP contribution >= 0.6 is 0 Å². The molecule has 0 amide bonds. The molecule has 1 atom stereocenters. The van der Waals surface area contributed by atoms with Crippen molar-refractivity contribution in [3.8, 4) is 5.75 Å². The molecule has 0 aliphatic heterocycles. The Morgan fingerprint density at radius 3 is 2.74 bits per heavy atom. The van der Waals surface area contributed by atoms with Gasteiger partial charge in [-0.25, -0.2) is 0 Å². The Morgan fingerprint density at radius 1 is 1.26 bits per heavy atom. The summed E-state index contributed by atoms with van der Waals surface area (Å²) < 4.78 is 5.20. The van der Waals surface area contributed by atoms with Crippen molar-refractivity contribution in [2.24, 2.45) is 0 Å². The van der Waals surface area contributed by atoms with Gasteiger partial charge in [-0.3, -0.25) is 0 Å². The average molecular weight is 261 g/mol. The molecule has 1 aromatic carbocycles. The number of furan rings is 1. The van der Waals surface area contributed by atoms with E-state index in [0.717, 1.165) is 11.1 Å². The van der Waals surface area contributed by atoms with Crippen LogP contribution in [-0.2, 0) is 12.1 Å². The van der Waals surface area contributed by atoms with Crippen molar-refractivity contribution in [3.05, 3.63) is 53.5 Å². The lowest BCUT2D eigenvalue weighted by atomic mass is 10.0. The number of aliphatic hydroxyl groups is 1. The molecule has 0 radical (unpaired) electrons. The topological polar surface area (TPSA) is 65.6 Å². The van der Waals surface area contributed by atoms with Crippen LogP contribution in [0, 0.1) is 6.92 Å². The summed E-state index contributed by atoms with van der Waals surface area (Å²) in [5.41, 5.74) is 0.593. The van der Waals surface area contributed by atoms with Gasteiger partial charge in [0.25, 0.3) is 0 Å². The predicted octanol–water partition coefficient (Wildman–Crippen LogP) is 2.29. The third-order valence-electron chi connectivity index (χ3n) is 3.16. The van der Waals surface area contributed by atoms with E-state index in [1.54, 1.807) is 19.1 Å². The Balaban J connectivity index is 1.95. The van der Waals surface area contributed by atoms with Crippen molar-refractivity contribution in [1.82, 2.24) is 5.32 Å². The van der Waals surface area contributed by atoms with Crippen molar-refractivity contribution < 1.29 is 14.6 Å². The van der Waals surface area contributed by atoms with Gasteiger partial charge in [0.2, 0.25) is 0 Å². The minimum Gasteiger partial charge on any atom is -0.507 e. The maximum absolute atomic E-state index is 10.3. The Morgan fingerprint density at radius 2 is 2.05 bits per heavy atom. The van der Waals surface area contributed by atoms with E-state index >= 15 is 0 Å². The summed E-state index contributed by atoms with van der Waals surface area (Å²) in [6.07, 6.45) is 1.54. The lowest BCUT2D eigenvalue weighted by Crippen LogP contribution is -2.34. The standard InChI is InChI=1S/C15H19NO3/c1-11-5-3-6-12(14(11)17)9-16-10-15(2,18)13-7-4-8-19-13/h3-8,16-18H,9-10H2,1-2H3. The zero-order valence-corrected chi connectivity index (χ0v) is 11.2. The monoisotopic (exact) mass is 261 g/mol. The molecule has 1 aromatic heterocycles. The molecule has 0 fully saturated rings. The maximum Gasteiger partial charge on any atom is 0.136 e. The molecule has 2 rings (SSSR count). The Bertz CT molecular complexity index is 532. The Kier molecular flexibility index (Phi) is 3.93. The van der Waals surface area contributed by atoms with Gasteiger partial charge >= 0.3 is 0 Å². The maximum atomic E-state index is 10.3. The molecule has 0 saturated carbocycles. The molecule has 4 heteroatoms. The zero-order valence-electron chi connectivity index (χ0n) is 11.2. The van der Waals surface area contributed by atoms with Crippen LogP contribution < -0.4 is 5.32 Å². The SMILES string of the molecule is Cc1cccc(CNCC(C)(O)c2ccco2)c1O. The lowest BCUT2D eigenvalue weighted by molar-refractivity contribution is 0.0340. The van der Waals surface area contributed by atoms with Gasteiger partial charge in [0.1, 0.15) is 17.1 Å². The van der Waals surface area contributed by atoms with Gasteiger partial charge in [-0.05, 0) is 31.5 Å². The summed E-state index contributed by atoms with van der Waals surface area (Å²) in [5.74, 6) is 0.820. The van der Waals surface area contributed by atoms with Crippen LogP contribution in [0.3, 0.4) is 0 Å². The van der Waals surface area contributed by atoms with Crippen LogP contribution in [-0.4, -0.2) is 16.8 Å². The smallest absolute Gasteiger partial charge is 0.136 e. The Hall–Kier alpha value is -1.78. The number of aromatic hydroxyl groups is 1. The first-order chi connectivity index (χ1) is 9.00. The van der Waals surface area contributed by atoms with E-state index in [-0.39, 0.29) is 0 Å². The van der Waals surface area contributed by atoms with E-state index in [0.29, 0.717) is 24.6 Å². The highest BCUT2D eigenvalue weighted by atomic mass is 16.4. The van der Waals surface area contributed by atoms with Crippen molar-refractivity contribution in [3.63, 3.8) is 0 Å². The molecule has 0 spiro atoms. The number of nitrogens with one attached hydrogen (secondary N) is 1. The third-order valence-corrected chi connectivity index (χ3v) is 3.16. The van der Waals surface area contributed by atoms with Gasteiger partial charge in [-0.2, -0.15) is 0 Å². The summed E-state index contributed by atoms with van der Waals surface area (Å²) in [7, 11) is 0. The molecular formula is C15H19NO3. The van der Waals surface area contributed by atoms with E-state index in [1.165, 1.54) is 6.26 Å². The second kappa shape index (κ2) is 5.47. The van der Waals surface area contributed by atoms with Crippen molar-refractivity contribution in [1.29, 1.82) is 0 Å². The number of rotatable bonds is 5. The van der Waals surface area contributed by atoms with Gasteiger partial charge < -0.3 is 19.9 Å². The number of phenols is 1. The molecule has 0 bridgehead atoms. The van der Waals surface area contributed by atoms with E-state index < -0.39 is 5.60 Å². The summed E-state index contributed by atoms with van der Waals surface area (Å²) >= 11 is 0. The van der Waals surface area contributed by atoms with Gasteiger partial charge in [0, 0.05) is 18.7 Å². The molecule has 3 N–H and O–H groups in total. The van der Waals surface area contributed by atoms with Crippen molar-refractivity contribution in [2.45, 2.75) is 26.0 Å². The highest BCUT2D eigenvalue weighted by molar-refractivity contribution is 5.39. The Labute approximate surface area is 112 Å². The van der Waals surface area contributed by atoms with E-state index in [4.69, 9.17) is 4.42 Å². The molecule has 0 aliphatic rings. The van der Waals surface area contributed by atoms with Crippen molar-refractivity contribution >= 4 is 0 Å². The molecular weight excluding hydrogens is 242 g/mol. The molecule has 1 heterocycles. The van der Waals surface area contributed by atoms with Crippen LogP contribution in [0.15, 0.2) is 41.0 Å². The summed E-state index contributed by atoms with van der Waals surface area (Å²) in [4.78, 5) is 0. The minimum absolute atomic E-state index is 0.299. The fourth-order valence-corrected chi connectivity index (χ4v) is 1.98. The lowest BCUT2D eigenvalue weighted by Gasteiger charge is -2.21. The summed E-state index contributed by atoms with van der Waals surface area (Å²) in [5, 5.41) is 23.3. The molecule has 0 aliphatic carbocycles. The zero-order chi connectivity index (χ0) is 13.9. The molecule has 2 aromatic rings. The summed E-state index contributed by atoms with van der Waals surface area (Å²) in [6, 6.07) is 9.10. The number of para-hydroxylation sites is 1. The number of hydrogen-bond donors (Lipinski definition) is 3.